The van der Waals surface area contributed by atoms with Crippen molar-refractivity contribution in [1.82, 2.24) is 30.0 Å². The predicted molar refractivity (Wildman–Crippen MR) is 224 cm³/mol. The number of anilines is 6. The normalized spacial score (nSPS) is 18.4. The number of amides is 5. The Labute approximate surface area is 350 Å². The lowest BCUT2D eigenvalue weighted by Gasteiger charge is -2.39. The van der Waals surface area contributed by atoms with Crippen molar-refractivity contribution < 1.29 is 33.5 Å². The fourth-order valence-electron chi connectivity index (χ4n) is 7.97. The van der Waals surface area contributed by atoms with Crippen LogP contribution in [0.3, 0.4) is 0 Å². The molecule has 5 heterocycles. The maximum Gasteiger partial charge on any atom is 0.262 e. The number of ether oxygens (including phenoxy) is 1. The second-order valence-electron chi connectivity index (χ2n) is 14.9. The van der Waals surface area contributed by atoms with Gasteiger partial charge in [0.2, 0.25) is 23.7 Å². The number of carbonyl (C=O) groups excluding carboxylic acids is 6. The van der Waals surface area contributed by atoms with Crippen molar-refractivity contribution in [2.24, 2.45) is 0 Å². The van der Waals surface area contributed by atoms with Crippen molar-refractivity contribution in [1.29, 1.82) is 0 Å². The largest absolute Gasteiger partial charge is 0.494 e. The summed E-state index contributed by atoms with van der Waals surface area (Å²) in [4.78, 5) is 94.3. The number of hydrogen-bond acceptors (Lipinski definition) is 14. The highest BCUT2D eigenvalue weighted by Crippen LogP contribution is 2.34. The topological polar surface area (TPSA) is 190 Å². The van der Waals surface area contributed by atoms with E-state index in [0.717, 1.165) is 16.3 Å². The fraction of sp³-hybridized carbons (Fsp3) is 0.333. The van der Waals surface area contributed by atoms with Gasteiger partial charge in [0.05, 0.1) is 42.4 Å². The number of imide groups is 2. The predicted octanol–water partition coefficient (Wildman–Crippen LogP) is 3.70. The van der Waals surface area contributed by atoms with Gasteiger partial charge in [0, 0.05) is 81.8 Å². The number of hydrogen-bond donors (Lipinski definition) is 3. The van der Waals surface area contributed by atoms with E-state index in [1.165, 1.54) is 13.1 Å². The molecule has 0 saturated carbocycles. The van der Waals surface area contributed by atoms with Crippen molar-refractivity contribution in [3.8, 4) is 5.75 Å². The number of halogens is 1. The maximum absolute atomic E-state index is 13.4. The average molecular weight is 835 g/mol. The second kappa shape index (κ2) is 16.9. The smallest absolute Gasteiger partial charge is 0.262 e. The van der Waals surface area contributed by atoms with E-state index in [2.05, 4.69) is 40.6 Å². The standard InChI is InChI=1S/C42H43ClN10O7/c1-25(54)28-5-3-4-6-32(28)45-38-31(43)23-44-42(48-38)46-33-10-8-27(22-35(33)60-2)51-17-19-52(20-18-51)37(56)24-49-13-15-50(16-14-49)26-7-9-29-30(21-26)41(59)53(40(29)58)34-11-12-36(55)47-39(34)57/h3-10,21-23,34H,11-20,24H2,1-2H3,(H,47,55,57)(H2,44,45,46,48). The van der Waals surface area contributed by atoms with Gasteiger partial charge in [-0.25, -0.2) is 4.98 Å². The van der Waals surface area contributed by atoms with Crippen molar-refractivity contribution in [3.05, 3.63) is 88.6 Å². The van der Waals surface area contributed by atoms with Crippen LogP contribution in [-0.2, 0) is 14.4 Å². The molecule has 3 saturated heterocycles. The summed E-state index contributed by atoms with van der Waals surface area (Å²) in [5, 5.41) is 8.86. The minimum Gasteiger partial charge on any atom is -0.494 e. The quantitative estimate of drug-likeness (QED) is 0.147. The molecule has 0 radical (unpaired) electrons. The molecule has 4 aromatic rings. The summed E-state index contributed by atoms with van der Waals surface area (Å²) in [6, 6.07) is 17.0. The van der Waals surface area contributed by atoms with E-state index in [4.69, 9.17) is 16.3 Å². The highest BCUT2D eigenvalue weighted by molar-refractivity contribution is 6.33. The summed E-state index contributed by atoms with van der Waals surface area (Å²) in [6.45, 7) is 6.77. The van der Waals surface area contributed by atoms with Gasteiger partial charge in [0.15, 0.2) is 11.6 Å². The zero-order chi connectivity index (χ0) is 42.1. The first-order chi connectivity index (χ1) is 29.0. The highest BCUT2D eigenvalue weighted by Gasteiger charge is 2.45. The van der Waals surface area contributed by atoms with Gasteiger partial charge in [0.25, 0.3) is 11.8 Å². The number of benzene rings is 3. The maximum atomic E-state index is 13.4. The Balaban J connectivity index is 0.823. The molecule has 3 aromatic carbocycles. The Hall–Kier alpha value is -6.59. The number of methoxy groups -OCH3 is 1. The first kappa shape index (κ1) is 40.2. The Morgan fingerprint density at radius 2 is 1.52 bits per heavy atom. The van der Waals surface area contributed by atoms with Crippen LogP contribution in [0.4, 0.5) is 34.5 Å². The lowest BCUT2D eigenvalue weighted by atomic mass is 10.0. The van der Waals surface area contributed by atoms with Crippen LogP contribution in [-0.4, -0.2) is 132 Å². The molecule has 0 aliphatic carbocycles. The average Bonchev–Trinajstić information content (AvgIpc) is 3.50. The van der Waals surface area contributed by atoms with Crippen molar-refractivity contribution in [2.45, 2.75) is 25.8 Å². The minimum absolute atomic E-state index is 0.0634. The molecule has 17 nitrogen and oxygen atoms in total. The molecule has 18 heteroatoms. The zero-order valence-corrected chi connectivity index (χ0v) is 33.8. The van der Waals surface area contributed by atoms with Crippen LogP contribution in [0.15, 0.2) is 66.9 Å². The molecule has 4 aliphatic heterocycles. The number of rotatable bonds is 11. The third-order valence-corrected chi connectivity index (χ3v) is 11.5. The van der Waals surface area contributed by atoms with Gasteiger partial charge in [-0.15, -0.1) is 0 Å². The van der Waals surface area contributed by atoms with E-state index < -0.39 is 29.7 Å². The summed E-state index contributed by atoms with van der Waals surface area (Å²) in [5.74, 6) is -0.955. The van der Waals surface area contributed by atoms with Gasteiger partial charge in [-0.05, 0) is 55.8 Å². The third kappa shape index (κ3) is 8.18. The summed E-state index contributed by atoms with van der Waals surface area (Å²) in [7, 11) is 1.59. The zero-order valence-electron chi connectivity index (χ0n) is 33.1. The monoisotopic (exact) mass is 834 g/mol. The van der Waals surface area contributed by atoms with Crippen LogP contribution in [0.2, 0.25) is 5.02 Å². The van der Waals surface area contributed by atoms with E-state index >= 15 is 0 Å². The fourth-order valence-corrected chi connectivity index (χ4v) is 8.11. The van der Waals surface area contributed by atoms with Gasteiger partial charge in [-0.2, -0.15) is 4.98 Å². The summed E-state index contributed by atoms with van der Waals surface area (Å²) in [5.41, 5.74) is 3.96. The Bertz CT molecular complexity index is 2400. The lowest BCUT2D eigenvalue weighted by molar-refractivity contribution is -0.136. The summed E-state index contributed by atoms with van der Waals surface area (Å²) >= 11 is 6.41. The molecule has 0 bridgehead atoms. The molecule has 3 fully saturated rings. The molecule has 1 atom stereocenters. The van der Waals surface area contributed by atoms with Crippen LogP contribution >= 0.6 is 11.6 Å². The number of ketones is 1. The van der Waals surface area contributed by atoms with Gasteiger partial charge in [-0.1, -0.05) is 23.7 Å². The van der Waals surface area contributed by atoms with Crippen molar-refractivity contribution in [2.75, 3.05) is 86.4 Å². The van der Waals surface area contributed by atoms with Gasteiger partial charge >= 0.3 is 0 Å². The first-order valence-corrected chi connectivity index (χ1v) is 20.1. The number of fused-ring (bicyclic) bond motifs is 1. The second-order valence-corrected chi connectivity index (χ2v) is 15.3. The minimum atomic E-state index is -1.01. The molecule has 8 rings (SSSR count). The van der Waals surface area contributed by atoms with E-state index in [1.54, 1.807) is 43.5 Å². The van der Waals surface area contributed by atoms with Gasteiger partial charge in [-0.3, -0.25) is 43.9 Å². The van der Waals surface area contributed by atoms with E-state index in [9.17, 15) is 28.8 Å². The van der Waals surface area contributed by atoms with Crippen LogP contribution in [0.5, 0.6) is 5.75 Å². The summed E-state index contributed by atoms with van der Waals surface area (Å²) < 4.78 is 5.73. The Morgan fingerprint density at radius 3 is 2.23 bits per heavy atom. The molecular formula is C42H43ClN10O7. The van der Waals surface area contributed by atoms with E-state index in [1.807, 2.05) is 29.2 Å². The van der Waals surface area contributed by atoms with Crippen LogP contribution in [0.1, 0.15) is 50.8 Å². The third-order valence-electron chi connectivity index (χ3n) is 11.3. The molecule has 3 N–H and O–H groups in total. The number of piperazine rings is 2. The highest BCUT2D eigenvalue weighted by atomic mass is 35.5. The number of carbonyl (C=O) groups is 6. The number of nitrogens with zero attached hydrogens (tertiary/aromatic N) is 7. The van der Waals surface area contributed by atoms with Crippen molar-refractivity contribution in [3.63, 3.8) is 0 Å². The van der Waals surface area contributed by atoms with Gasteiger partial charge < -0.3 is 30.1 Å². The molecule has 0 spiro atoms. The molecule has 1 aromatic heterocycles. The number of piperidine rings is 1. The molecule has 4 aliphatic rings. The molecule has 5 amide bonds. The van der Waals surface area contributed by atoms with Crippen molar-refractivity contribution >= 4 is 81.4 Å². The molecule has 60 heavy (non-hydrogen) atoms. The molecular weight excluding hydrogens is 792 g/mol. The van der Waals surface area contributed by atoms with Crippen LogP contribution in [0, 0.1) is 0 Å². The summed E-state index contributed by atoms with van der Waals surface area (Å²) in [6.07, 6.45) is 1.64. The SMILES string of the molecule is COc1cc(N2CCN(C(=O)CN3CCN(c4ccc5c(c4)C(=O)N(C4CCC(=O)NC4=O)C5=O)CC3)CC2)ccc1Nc1ncc(Cl)c(Nc2ccccc2C(C)=O)n1. The molecule has 310 valence electrons. The lowest BCUT2D eigenvalue weighted by Crippen LogP contribution is -2.54. The molecule has 1 unspecified atom stereocenters. The number of para-hydroxylation sites is 1. The number of Topliss-reactive ketones (excluding diaryl/α,β-unsaturated/α-hetero) is 1. The van der Waals surface area contributed by atoms with Crippen LogP contribution in [0.25, 0.3) is 0 Å². The van der Waals surface area contributed by atoms with E-state index in [0.29, 0.717) is 87.4 Å². The first-order valence-electron chi connectivity index (χ1n) is 19.7. The van der Waals surface area contributed by atoms with Crippen LogP contribution < -0.4 is 30.5 Å². The Morgan fingerprint density at radius 1 is 0.833 bits per heavy atom. The number of aromatic nitrogens is 2. The van der Waals surface area contributed by atoms with Gasteiger partial charge in [0.1, 0.15) is 16.8 Å². The Kier molecular flexibility index (Phi) is 11.4. The number of nitrogens with one attached hydrogen (secondary N) is 3. The van der Waals surface area contributed by atoms with E-state index in [-0.39, 0.29) is 46.6 Å².